The van der Waals surface area contributed by atoms with Crippen LogP contribution in [-0.2, 0) is 10.0 Å². The third-order valence-corrected chi connectivity index (χ3v) is 3.56. The van der Waals surface area contributed by atoms with Crippen molar-refractivity contribution in [1.29, 1.82) is 0 Å². The van der Waals surface area contributed by atoms with Crippen LogP contribution < -0.4 is 4.72 Å². The average Bonchev–Trinajstić information content (AvgIpc) is 1.85. The molecule has 0 aromatic carbocycles. The standard InChI is InChI=1S/C7H16BrNO2S/c1-3-6-12(10,11)9-7(2)4-5-8/h7,9H,3-6H2,1-2H3. The number of halogens is 1. The van der Waals surface area contributed by atoms with Gasteiger partial charge >= 0.3 is 0 Å². The first kappa shape index (κ1) is 12.4. The molecule has 0 aromatic rings. The number of alkyl halides is 1. The Morgan fingerprint density at radius 1 is 1.50 bits per heavy atom. The van der Waals surface area contributed by atoms with Gasteiger partial charge in [0.1, 0.15) is 0 Å². The molecule has 0 aliphatic heterocycles. The number of rotatable bonds is 6. The van der Waals surface area contributed by atoms with E-state index in [0.29, 0.717) is 6.42 Å². The smallest absolute Gasteiger partial charge is 0.211 e. The summed E-state index contributed by atoms with van der Waals surface area (Å²) in [5.41, 5.74) is 0. The maximum absolute atomic E-state index is 11.2. The van der Waals surface area contributed by atoms with Crippen LogP contribution in [0.5, 0.6) is 0 Å². The molecule has 0 saturated carbocycles. The van der Waals surface area contributed by atoms with Crippen LogP contribution in [0.1, 0.15) is 26.7 Å². The number of sulfonamides is 1. The molecule has 0 bridgehead atoms. The van der Waals surface area contributed by atoms with Gasteiger partial charge in [0.25, 0.3) is 0 Å². The minimum absolute atomic E-state index is 0.0286. The van der Waals surface area contributed by atoms with Gasteiger partial charge in [-0.2, -0.15) is 0 Å². The van der Waals surface area contributed by atoms with E-state index < -0.39 is 10.0 Å². The van der Waals surface area contributed by atoms with Crippen molar-refractivity contribution in [1.82, 2.24) is 4.72 Å². The Morgan fingerprint density at radius 2 is 2.08 bits per heavy atom. The van der Waals surface area contributed by atoms with Crippen molar-refractivity contribution in [3.8, 4) is 0 Å². The van der Waals surface area contributed by atoms with Gasteiger partial charge in [-0.1, -0.05) is 22.9 Å². The first-order valence-electron chi connectivity index (χ1n) is 4.07. The van der Waals surface area contributed by atoms with Crippen LogP contribution in [0, 0.1) is 0 Å². The summed E-state index contributed by atoms with van der Waals surface area (Å²) in [6.07, 6.45) is 1.49. The van der Waals surface area contributed by atoms with Gasteiger partial charge in [-0.05, 0) is 19.8 Å². The van der Waals surface area contributed by atoms with Crippen LogP contribution in [0.15, 0.2) is 0 Å². The second-order valence-corrected chi connectivity index (χ2v) is 5.48. The molecule has 0 amide bonds. The van der Waals surface area contributed by atoms with Crippen molar-refractivity contribution < 1.29 is 8.42 Å². The van der Waals surface area contributed by atoms with Gasteiger partial charge in [0.2, 0.25) is 10.0 Å². The maximum Gasteiger partial charge on any atom is 0.211 e. The molecule has 0 aliphatic carbocycles. The van der Waals surface area contributed by atoms with E-state index in [0.717, 1.165) is 11.8 Å². The molecule has 1 atom stereocenters. The van der Waals surface area contributed by atoms with Crippen LogP contribution in [0.4, 0.5) is 0 Å². The van der Waals surface area contributed by atoms with Gasteiger partial charge in [0.05, 0.1) is 5.75 Å². The fraction of sp³-hybridized carbons (Fsp3) is 1.00. The van der Waals surface area contributed by atoms with Crippen molar-refractivity contribution in [2.45, 2.75) is 32.7 Å². The largest absolute Gasteiger partial charge is 0.212 e. The molecular formula is C7H16BrNO2S. The van der Waals surface area contributed by atoms with Crippen molar-refractivity contribution in [2.75, 3.05) is 11.1 Å². The topological polar surface area (TPSA) is 46.2 Å². The van der Waals surface area contributed by atoms with Gasteiger partial charge < -0.3 is 0 Å². The van der Waals surface area contributed by atoms with Gasteiger partial charge in [-0.15, -0.1) is 0 Å². The molecule has 12 heavy (non-hydrogen) atoms. The molecular weight excluding hydrogens is 242 g/mol. The third kappa shape index (κ3) is 5.97. The average molecular weight is 258 g/mol. The molecule has 0 heterocycles. The normalized spacial score (nSPS) is 14.6. The lowest BCUT2D eigenvalue weighted by Gasteiger charge is -2.11. The molecule has 5 heteroatoms. The molecule has 3 nitrogen and oxygen atoms in total. The molecule has 74 valence electrons. The molecule has 0 fully saturated rings. The Morgan fingerprint density at radius 3 is 2.50 bits per heavy atom. The van der Waals surface area contributed by atoms with Crippen molar-refractivity contribution in [2.24, 2.45) is 0 Å². The molecule has 0 saturated heterocycles. The van der Waals surface area contributed by atoms with Crippen LogP contribution in [0.2, 0.25) is 0 Å². The Bertz CT molecular complexity index is 203. The molecule has 0 rings (SSSR count). The van der Waals surface area contributed by atoms with Crippen LogP contribution >= 0.6 is 15.9 Å². The minimum Gasteiger partial charge on any atom is -0.212 e. The summed E-state index contributed by atoms with van der Waals surface area (Å²) in [5.74, 6) is 0.222. The second-order valence-electron chi connectivity index (χ2n) is 2.82. The zero-order valence-electron chi connectivity index (χ0n) is 7.51. The summed E-state index contributed by atoms with van der Waals surface area (Å²) in [4.78, 5) is 0. The number of hydrogen-bond donors (Lipinski definition) is 1. The van der Waals surface area contributed by atoms with Gasteiger partial charge in [-0.3, -0.25) is 0 Å². The molecule has 0 spiro atoms. The monoisotopic (exact) mass is 257 g/mol. The lowest BCUT2D eigenvalue weighted by atomic mass is 10.3. The highest BCUT2D eigenvalue weighted by Gasteiger charge is 2.11. The Balaban J connectivity index is 3.89. The Kier molecular flexibility index (Phi) is 6.13. The highest BCUT2D eigenvalue weighted by atomic mass is 79.9. The van der Waals surface area contributed by atoms with Gasteiger partial charge in [0.15, 0.2) is 0 Å². The van der Waals surface area contributed by atoms with Gasteiger partial charge in [-0.25, -0.2) is 13.1 Å². The van der Waals surface area contributed by atoms with E-state index in [-0.39, 0.29) is 11.8 Å². The minimum atomic E-state index is -3.02. The summed E-state index contributed by atoms with van der Waals surface area (Å²) >= 11 is 3.26. The molecule has 1 unspecified atom stereocenters. The fourth-order valence-corrected chi connectivity index (χ4v) is 2.93. The molecule has 0 aliphatic rings. The van der Waals surface area contributed by atoms with E-state index in [4.69, 9.17) is 0 Å². The Hall–Kier alpha value is 0.390. The predicted octanol–water partition coefficient (Wildman–Crippen LogP) is 1.49. The van der Waals surface area contributed by atoms with Crippen LogP contribution in [0.3, 0.4) is 0 Å². The summed E-state index contributed by atoms with van der Waals surface area (Å²) < 4.78 is 25.0. The lowest BCUT2D eigenvalue weighted by molar-refractivity contribution is 0.556. The maximum atomic E-state index is 11.2. The highest BCUT2D eigenvalue weighted by molar-refractivity contribution is 9.09. The zero-order valence-corrected chi connectivity index (χ0v) is 9.91. The summed E-state index contributed by atoms with van der Waals surface area (Å²) in [7, 11) is -3.02. The van der Waals surface area contributed by atoms with Gasteiger partial charge in [0, 0.05) is 11.4 Å². The molecule has 1 N–H and O–H groups in total. The SMILES string of the molecule is CCCS(=O)(=O)NC(C)CCBr. The van der Waals surface area contributed by atoms with Crippen molar-refractivity contribution in [3.05, 3.63) is 0 Å². The Labute approximate surface area is 83.1 Å². The van der Waals surface area contributed by atoms with E-state index in [2.05, 4.69) is 20.7 Å². The molecule has 0 aromatic heterocycles. The fourth-order valence-electron chi connectivity index (χ4n) is 0.857. The van der Waals surface area contributed by atoms with E-state index >= 15 is 0 Å². The lowest BCUT2D eigenvalue weighted by Crippen LogP contribution is -2.34. The summed E-state index contributed by atoms with van der Waals surface area (Å²) in [5, 5.41) is 0.822. The molecule has 0 radical (unpaired) electrons. The third-order valence-electron chi connectivity index (χ3n) is 1.40. The van der Waals surface area contributed by atoms with Crippen LogP contribution in [-0.4, -0.2) is 25.5 Å². The second kappa shape index (κ2) is 5.94. The van der Waals surface area contributed by atoms with Crippen molar-refractivity contribution in [3.63, 3.8) is 0 Å². The van der Waals surface area contributed by atoms with E-state index in [1.54, 1.807) is 0 Å². The van der Waals surface area contributed by atoms with Crippen LogP contribution in [0.25, 0.3) is 0 Å². The number of hydrogen-bond acceptors (Lipinski definition) is 2. The number of nitrogens with one attached hydrogen (secondary N) is 1. The first-order chi connectivity index (χ1) is 5.52. The summed E-state index contributed by atoms with van der Waals surface area (Å²) in [6.45, 7) is 3.73. The highest BCUT2D eigenvalue weighted by Crippen LogP contribution is 1.98. The summed E-state index contributed by atoms with van der Waals surface area (Å²) in [6, 6.07) is 0.0286. The predicted molar refractivity (Wildman–Crippen MR) is 55.1 cm³/mol. The van der Waals surface area contributed by atoms with E-state index in [1.807, 2.05) is 13.8 Å². The zero-order chi connectivity index (χ0) is 9.61. The first-order valence-corrected chi connectivity index (χ1v) is 6.85. The quantitative estimate of drug-likeness (QED) is 0.734. The van der Waals surface area contributed by atoms with Crippen molar-refractivity contribution >= 4 is 26.0 Å². The van der Waals surface area contributed by atoms with E-state index in [1.165, 1.54) is 0 Å². The van der Waals surface area contributed by atoms with E-state index in [9.17, 15) is 8.42 Å².